The van der Waals surface area contributed by atoms with Crippen LogP contribution in [0.15, 0.2) is 6.20 Å². The maximum Gasteiger partial charge on any atom is 0.162 e. The Morgan fingerprint density at radius 2 is 2.11 bits per heavy atom. The van der Waals surface area contributed by atoms with Gasteiger partial charge in [0.15, 0.2) is 5.65 Å². The molecule has 0 bridgehead atoms. The van der Waals surface area contributed by atoms with Gasteiger partial charge in [-0.1, -0.05) is 20.8 Å². The topological polar surface area (TPSA) is 52.8 Å². The van der Waals surface area contributed by atoms with Gasteiger partial charge in [-0.05, 0) is 13.3 Å². The second-order valence-electron chi connectivity index (χ2n) is 4.09. The lowest BCUT2D eigenvalue weighted by atomic mass is 10.2. The van der Waals surface area contributed by atoms with Crippen molar-refractivity contribution in [1.82, 2.24) is 19.7 Å². The van der Waals surface area contributed by atoms with Crippen LogP contribution in [0.2, 0.25) is 0 Å². The molecule has 3 heterocycles. The smallest absolute Gasteiger partial charge is 0.162 e. The largest absolute Gasteiger partial charge is 0.377 e. The number of hydrogen-bond acceptors (Lipinski definition) is 4. The summed E-state index contributed by atoms with van der Waals surface area (Å²) < 4.78 is 7.20. The molecule has 1 fully saturated rings. The van der Waals surface area contributed by atoms with Crippen LogP contribution in [0.25, 0.3) is 11.0 Å². The zero-order valence-corrected chi connectivity index (χ0v) is 11.5. The van der Waals surface area contributed by atoms with Gasteiger partial charge in [0.1, 0.15) is 11.9 Å². The van der Waals surface area contributed by atoms with E-state index < -0.39 is 0 Å². The summed E-state index contributed by atoms with van der Waals surface area (Å²) in [7, 11) is 0. The first-order valence-electron chi connectivity index (χ1n) is 6.58. The van der Waals surface area contributed by atoms with E-state index >= 15 is 0 Å². The predicted molar refractivity (Wildman–Crippen MR) is 70.6 cm³/mol. The Balaban J connectivity index is 0.000000574. The minimum absolute atomic E-state index is 0.345. The lowest BCUT2D eigenvalue weighted by Gasteiger charge is -2.26. The van der Waals surface area contributed by atoms with Crippen LogP contribution in [0, 0.1) is 6.92 Å². The maximum absolute atomic E-state index is 5.21. The fourth-order valence-corrected chi connectivity index (χ4v) is 1.95. The fraction of sp³-hybridized carbons (Fsp3) is 0.615. The molecule has 0 saturated carbocycles. The summed E-state index contributed by atoms with van der Waals surface area (Å²) in [5, 5.41) is 5.67. The second-order valence-corrected chi connectivity index (χ2v) is 4.09. The molecule has 18 heavy (non-hydrogen) atoms. The van der Waals surface area contributed by atoms with Crippen molar-refractivity contribution >= 4 is 11.0 Å². The van der Waals surface area contributed by atoms with Gasteiger partial charge in [-0.2, -0.15) is 5.10 Å². The Morgan fingerprint density at radius 1 is 1.39 bits per heavy atom. The molecule has 0 aliphatic carbocycles. The lowest BCUT2D eigenvalue weighted by Crippen LogP contribution is -2.31. The van der Waals surface area contributed by atoms with Crippen molar-refractivity contribution in [1.29, 1.82) is 0 Å². The average Bonchev–Trinajstić information content (AvgIpc) is 2.68. The van der Waals surface area contributed by atoms with Crippen molar-refractivity contribution in [2.75, 3.05) is 13.2 Å². The number of ether oxygens (including phenoxy) is 1. The highest BCUT2D eigenvalue weighted by atomic mass is 16.5. The van der Waals surface area contributed by atoms with Gasteiger partial charge in [-0.25, -0.2) is 14.6 Å². The molecule has 2 aromatic rings. The zero-order chi connectivity index (χ0) is 13.1. The number of aromatic nitrogens is 4. The summed E-state index contributed by atoms with van der Waals surface area (Å²) >= 11 is 0. The third-order valence-electron chi connectivity index (χ3n) is 2.95. The number of aryl methyl sites for hydroxylation is 2. The summed E-state index contributed by atoms with van der Waals surface area (Å²) in [6, 6.07) is 0.345. The van der Waals surface area contributed by atoms with E-state index in [1.165, 1.54) is 0 Å². The van der Waals surface area contributed by atoms with Crippen molar-refractivity contribution < 1.29 is 4.74 Å². The quantitative estimate of drug-likeness (QED) is 0.818. The Labute approximate surface area is 107 Å². The number of hydrogen-bond donors (Lipinski definition) is 0. The molecule has 0 radical (unpaired) electrons. The molecule has 98 valence electrons. The van der Waals surface area contributed by atoms with Crippen molar-refractivity contribution in [3.8, 4) is 0 Å². The maximum atomic E-state index is 5.21. The van der Waals surface area contributed by atoms with Crippen LogP contribution in [0.3, 0.4) is 0 Å². The number of nitrogens with zero attached hydrogens (tertiary/aromatic N) is 4. The summed E-state index contributed by atoms with van der Waals surface area (Å²) in [5.74, 6) is 0.788. The Hall–Kier alpha value is -1.49. The van der Waals surface area contributed by atoms with E-state index in [2.05, 4.69) is 22.0 Å². The first kappa shape index (κ1) is 13.0. The van der Waals surface area contributed by atoms with E-state index in [1.54, 1.807) is 0 Å². The van der Waals surface area contributed by atoms with Crippen LogP contribution in [-0.2, 0) is 11.2 Å². The van der Waals surface area contributed by atoms with Gasteiger partial charge in [0.25, 0.3) is 0 Å². The van der Waals surface area contributed by atoms with Crippen molar-refractivity contribution in [2.24, 2.45) is 0 Å². The first-order valence-corrected chi connectivity index (χ1v) is 6.58. The Bertz CT molecular complexity index is 531. The van der Waals surface area contributed by atoms with Crippen LogP contribution < -0.4 is 0 Å². The van der Waals surface area contributed by atoms with Gasteiger partial charge >= 0.3 is 0 Å². The fourth-order valence-electron chi connectivity index (χ4n) is 1.95. The van der Waals surface area contributed by atoms with Crippen molar-refractivity contribution in [2.45, 2.75) is 40.2 Å². The Kier molecular flexibility index (Phi) is 3.91. The number of fused-ring (bicyclic) bond motifs is 1. The van der Waals surface area contributed by atoms with Crippen molar-refractivity contribution in [3.63, 3.8) is 0 Å². The van der Waals surface area contributed by atoms with E-state index in [1.807, 2.05) is 31.6 Å². The molecular weight excluding hydrogens is 228 g/mol. The average molecular weight is 248 g/mol. The molecule has 2 aromatic heterocycles. The molecule has 5 heteroatoms. The summed E-state index contributed by atoms with van der Waals surface area (Å²) in [6.07, 6.45) is 2.78. The molecule has 3 rings (SSSR count). The Morgan fingerprint density at radius 3 is 2.67 bits per heavy atom. The molecule has 5 nitrogen and oxygen atoms in total. The molecule has 1 aliphatic rings. The van der Waals surface area contributed by atoms with E-state index in [0.717, 1.165) is 42.2 Å². The van der Waals surface area contributed by atoms with Gasteiger partial charge in [0.2, 0.25) is 0 Å². The second kappa shape index (κ2) is 5.44. The van der Waals surface area contributed by atoms with Crippen LogP contribution in [0.1, 0.15) is 38.3 Å². The highest BCUT2D eigenvalue weighted by Crippen LogP contribution is 2.24. The molecule has 1 saturated heterocycles. The minimum Gasteiger partial charge on any atom is -0.377 e. The molecule has 1 aliphatic heterocycles. The van der Waals surface area contributed by atoms with E-state index in [9.17, 15) is 0 Å². The molecular formula is C13H20N4O. The summed E-state index contributed by atoms with van der Waals surface area (Å²) in [5.41, 5.74) is 2.01. The molecule has 0 amide bonds. The molecule has 0 atom stereocenters. The van der Waals surface area contributed by atoms with Crippen LogP contribution >= 0.6 is 0 Å². The van der Waals surface area contributed by atoms with E-state index in [0.29, 0.717) is 6.04 Å². The highest BCUT2D eigenvalue weighted by Gasteiger charge is 2.25. The van der Waals surface area contributed by atoms with Crippen LogP contribution in [0.4, 0.5) is 0 Å². The van der Waals surface area contributed by atoms with Crippen molar-refractivity contribution in [3.05, 3.63) is 17.7 Å². The predicted octanol–water partition coefficient (Wildman–Crippen LogP) is 2.29. The van der Waals surface area contributed by atoms with E-state index in [4.69, 9.17) is 4.74 Å². The molecule has 0 aromatic carbocycles. The van der Waals surface area contributed by atoms with Gasteiger partial charge in [-0.3, -0.25) is 0 Å². The zero-order valence-electron chi connectivity index (χ0n) is 11.5. The molecule has 0 N–H and O–H groups in total. The SMILES string of the molecule is CC.CCc1nn(C2COC2)c2nc(C)ncc12. The standard InChI is InChI=1S/C11H14N4O.C2H6/c1-3-10-9-4-12-7(2)13-11(9)15(14-10)8-5-16-6-8;1-2/h4,8H,3,5-6H2,1-2H3;1-2H3. The number of rotatable bonds is 2. The van der Waals surface area contributed by atoms with E-state index in [-0.39, 0.29) is 0 Å². The van der Waals surface area contributed by atoms with Gasteiger partial charge in [0.05, 0.1) is 24.3 Å². The van der Waals surface area contributed by atoms with Crippen LogP contribution in [0.5, 0.6) is 0 Å². The third-order valence-corrected chi connectivity index (χ3v) is 2.95. The normalized spacial score (nSPS) is 15.1. The van der Waals surface area contributed by atoms with Gasteiger partial charge in [-0.15, -0.1) is 0 Å². The monoisotopic (exact) mass is 248 g/mol. The lowest BCUT2D eigenvalue weighted by molar-refractivity contribution is -0.0270. The minimum atomic E-state index is 0.345. The summed E-state index contributed by atoms with van der Waals surface area (Å²) in [6.45, 7) is 9.48. The van der Waals surface area contributed by atoms with Crippen LogP contribution in [-0.4, -0.2) is 33.0 Å². The first-order chi connectivity index (χ1) is 8.79. The van der Waals surface area contributed by atoms with Gasteiger partial charge in [0, 0.05) is 6.20 Å². The molecule has 0 unspecified atom stereocenters. The summed E-state index contributed by atoms with van der Waals surface area (Å²) in [4.78, 5) is 8.72. The molecule has 0 spiro atoms. The third kappa shape index (κ3) is 2.10. The van der Waals surface area contributed by atoms with Gasteiger partial charge < -0.3 is 4.74 Å². The highest BCUT2D eigenvalue weighted by molar-refractivity contribution is 5.77.